The quantitative estimate of drug-likeness (QED) is 0.386. The number of aromatic amines is 1. The van der Waals surface area contributed by atoms with Gasteiger partial charge in [0.1, 0.15) is 6.10 Å². The first-order chi connectivity index (χ1) is 17.2. The van der Waals surface area contributed by atoms with Crippen molar-refractivity contribution >= 4 is 34.3 Å². The number of halogens is 1. The number of aliphatic carboxylic acids is 1. The number of fused-ring (bicyclic) bond motifs is 1. The van der Waals surface area contributed by atoms with Crippen LogP contribution in [0.3, 0.4) is 0 Å². The molecule has 1 saturated carbocycles. The van der Waals surface area contributed by atoms with Gasteiger partial charge in [0.05, 0.1) is 21.6 Å². The Labute approximate surface area is 218 Å². The molecule has 0 aromatic carbocycles. The fourth-order valence-corrected chi connectivity index (χ4v) is 5.51. The maximum Gasteiger partial charge on any atom is 0.309 e. The molecule has 36 heavy (non-hydrogen) atoms. The summed E-state index contributed by atoms with van der Waals surface area (Å²) >= 11 is 6.59. The first-order valence-corrected chi connectivity index (χ1v) is 13.3. The van der Waals surface area contributed by atoms with Crippen molar-refractivity contribution in [2.75, 3.05) is 13.1 Å². The standard InChI is InChI=1S/C28H37ClN4O3/c1-5-20(33-15-7-6-8-16-33)12-9-18(2)24-22(29)17-23-25(31-24)32-27(30-23)36-21-13-10-19(11-14-21)28(3,4)26(34)35/h5,9,12,17,19,21H,1,6-8,10-11,13-16H2,2-4H3,(H,34,35)(H,30,31,32)/b18-9+,20-12+/t19-,21-. The molecule has 1 saturated heterocycles. The lowest BCUT2D eigenvalue weighted by molar-refractivity contribution is -0.151. The molecule has 194 valence electrons. The summed E-state index contributed by atoms with van der Waals surface area (Å²) in [7, 11) is 0. The van der Waals surface area contributed by atoms with Gasteiger partial charge < -0.3 is 19.7 Å². The molecule has 1 aliphatic carbocycles. The number of pyridine rings is 1. The van der Waals surface area contributed by atoms with Crippen LogP contribution in [0.4, 0.5) is 0 Å². The lowest BCUT2D eigenvalue weighted by Crippen LogP contribution is -2.37. The number of aromatic nitrogens is 3. The van der Waals surface area contributed by atoms with E-state index in [2.05, 4.69) is 27.5 Å². The second kappa shape index (κ2) is 11.1. The molecular weight excluding hydrogens is 476 g/mol. The van der Waals surface area contributed by atoms with E-state index in [0.29, 0.717) is 22.4 Å². The van der Waals surface area contributed by atoms with Gasteiger partial charge in [-0.15, -0.1) is 0 Å². The number of carboxylic acid groups (broad SMARTS) is 1. The van der Waals surface area contributed by atoms with E-state index in [1.165, 1.54) is 19.3 Å². The average Bonchev–Trinajstić information content (AvgIpc) is 3.25. The van der Waals surface area contributed by atoms with E-state index in [1.54, 1.807) is 0 Å². The highest BCUT2D eigenvalue weighted by atomic mass is 35.5. The Balaban J connectivity index is 1.45. The number of ether oxygens (including phenoxy) is 1. The number of H-pyrrole nitrogens is 1. The summed E-state index contributed by atoms with van der Waals surface area (Å²) in [6.07, 6.45) is 13.0. The smallest absolute Gasteiger partial charge is 0.309 e. The molecule has 2 aromatic heterocycles. The highest BCUT2D eigenvalue weighted by Gasteiger charge is 2.39. The van der Waals surface area contributed by atoms with Gasteiger partial charge in [0.15, 0.2) is 5.65 Å². The van der Waals surface area contributed by atoms with Crippen LogP contribution in [0, 0.1) is 11.3 Å². The third-order valence-corrected chi connectivity index (χ3v) is 8.03. The van der Waals surface area contributed by atoms with Crippen LogP contribution in [0.25, 0.3) is 16.7 Å². The molecule has 2 N–H and O–H groups in total. The normalized spacial score (nSPS) is 22.1. The zero-order chi connectivity index (χ0) is 25.9. The van der Waals surface area contributed by atoms with Crippen LogP contribution in [0.15, 0.2) is 36.6 Å². The number of nitrogens with one attached hydrogen (secondary N) is 1. The van der Waals surface area contributed by atoms with Crippen LogP contribution in [0.2, 0.25) is 5.02 Å². The summed E-state index contributed by atoms with van der Waals surface area (Å²) in [5.74, 6) is -0.594. The minimum absolute atomic E-state index is 0.000213. The Kier molecular flexibility index (Phi) is 8.08. The predicted octanol–water partition coefficient (Wildman–Crippen LogP) is 6.62. The van der Waals surface area contributed by atoms with Gasteiger partial charge in [-0.3, -0.25) is 4.79 Å². The number of nitrogens with zero attached hydrogens (tertiary/aromatic N) is 3. The van der Waals surface area contributed by atoms with Gasteiger partial charge in [0, 0.05) is 18.8 Å². The van der Waals surface area contributed by atoms with E-state index >= 15 is 0 Å². The third-order valence-electron chi connectivity index (χ3n) is 7.74. The van der Waals surface area contributed by atoms with Crippen molar-refractivity contribution in [1.82, 2.24) is 19.9 Å². The van der Waals surface area contributed by atoms with Gasteiger partial charge in [-0.05, 0) is 95.4 Å². The molecule has 0 unspecified atom stereocenters. The largest absolute Gasteiger partial charge is 0.481 e. The molecule has 2 aliphatic rings. The van der Waals surface area contributed by atoms with Crippen molar-refractivity contribution in [1.29, 1.82) is 0 Å². The highest BCUT2D eigenvalue weighted by Crippen LogP contribution is 2.39. The van der Waals surface area contributed by atoms with Crippen molar-refractivity contribution in [3.05, 3.63) is 47.3 Å². The number of hydrogen-bond acceptors (Lipinski definition) is 5. The van der Waals surface area contributed by atoms with Gasteiger partial charge >= 0.3 is 5.97 Å². The summed E-state index contributed by atoms with van der Waals surface area (Å²) in [4.78, 5) is 26.4. The zero-order valence-corrected chi connectivity index (χ0v) is 22.3. The molecule has 2 aromatic rings. The van der Waals surface area contributed by atoms with Crippen LogP contribution in [-0.2, 0) is 4.79 Å². The summed E-state index contributed by atoms with van der Waals surface area (Å²) in [5, 5.41) is 10.1. The molecule has 0 spiro atoms. The van der Waals surface area contributed by atoms with Crippen molar-refractivity contribution in [2.45, 2.75) is 71.8 Å². The Bertz CT molecular complexity index is 1170. The first-order valence-electron chi connectivity index (χ1n) is 12.9. The molecule has 8 heteroatoms. The monoisotopic (exact) mass is 512 g/mol. The second-order valence-electron chi connectivity index (χ2n) is 10.5. The SMILES string of the molecule is C=C/C(=C\C=C(/C)c1nc2nc(O[C@H]3CC[C@H](C(C)(C)C(=O)O)CC3)[nH]c2cc1Cl)N1CCCCC1. The fraction of sp³-hybridized carbons (Fsp3) is 0.536. The van der Waals surface area contributed by atoms with E-state index in [4.69, 9.17) is 21.3 Å². The van der Waals surface area contributed by atoms with Crippen LogP contribution < -0.4 is 4.74 Å². The lowest BCUT2D eigenvalue weighted by Gasteiger charge is -2.36. The van der Waals surface area contributed by atoms with Gasteiger partial charge in [-0.25, -0.2) is 4.98 Å². The van der Waals surface area contributed by atoms with E-state index in [0.717, 1.165) is 55.6 Å². The number of piperidine rings is 1. The molecule has 2 fully saturated rings. The Hall–Kier alpha value is -2.80. The van der Waals surface area contributed by atoms with Crippen LogP contribution in [-0.4, -0.2) is 50.1 Å². The molecule has 0 amide bonds. The maximum atomic E-state index is 11.6. The number of rotatable bonds is 8. The van der Waals surface area contributed by atoms with E-state index < -0.39 is 11.4 Å². The van der Waals surface area contributed by atoms with Gasteiger partial charge in [0.2, 0.25) is 0 Å². The molecule has 4 rings (SSSR count). The molecule has 1 aliphatic heterocycles. The van der Waals surface area contributed by atoms with Crippen molar-refractivity contribution in [3.8, 4) is 6.01 Å². The molecule has 3 heterocycles. The third kappa shape index (κ3) is 5.77. The number of likely N-dealkylation sites (tertiary alicyclic amines) is 1. The number of imidazole rings is 1. The summed E-state index contributed by atoms with van der Waals surface area (Å²) in [6, 6.07) is 2.26. The lowest BCUT2D eigenvalue weighted by atomic mass is 9.70. The number of carboxylic acids is 1. The summed E-state index contributed by atoms with van der Waals surface area (Å²) < 4.78 is 6.12. The highest BCUT2D eigenvalue weighted by molar-refractivity contribution is 6.32. The Morgan fingerprint density at radius 1 is 1.19 bits per heavy atom. The molecule has 7 nitrogen and oxygen atoms in total. The molecule has 0 atom stereocenters. The maximum absolute atomic E-state index is 11.6. The zero-order valence-electron chi connectivity index (χ0n) is 21.5. The van der Waals surface area contributed by atoms with Gasteiger partial charge in [-0.2, -0.15) is 4.98 Å². The molecule has 0 radical (unpaired) electrons. The fourth-order valence-electron chi connectivity index (χ4n) is 5.21. The predicted molar refractivity (Wildman–Crippen MR) is 144 cm³/mol. The van der Waals surface area contributed by atoms with Gasteiger partial charge in [0.25, 0.3) is 6.01 Å². The van der Waals surface area contributed by atoms with Crippen molar-refractivity contribution in [3.63, 3.8) is 0 Å². The average molecular weight is 513 g/mol. The molecule has 0 bridgehead atoms. The summed E-state index contributed by atoms with van der Waals surface area (Å²) in [5.41, 5.74) is 3.32. The van der Waals surface area contributed by atoms with Crippen molar-refractivity contribution < 1.29 is 14.6 Å². The minimum atomic E-state index is -0.741. The van der Waals surface area contributed by atoms with E-state index in [-0.39, 0.29) is 12.0 Å². The number of allylic oxidation sites excluding steroid dienone is 4. The van der Waals surface area contributed by atoms with Gasteiger partial charge in [-0.1, -0.05) is 24.3 Å². The number of carbonyl (C=O) groups is 1. The topological polar surface area (TPSA) is 91.3 Å². The molecular formula is C28H37ClN4O3. The number of hydrogen-bond donors (Lipinski definition) is 2. The second-order valence-corrected chi connectivity index (χ2v) is 11.0. The first kappa shape index (κ1) is 26.3. The van der Waals surface area contributed by atoms with Crippen LogP contribution >= 0.6 is 11.6 Å². The van der Waals surface area contributed by atoms with E-state index in [1.807, 2.05) is 39.0 Å². The summed E-state index contributed by atoms with van der Waals surface area (Å²) in [6.45, 7) is 11.7. The van der Waals surface area contributed by atoms with Crippen molar-refractivity contribution in [2.24, 2.45) is 11.3 Å². The van der Waals surface area contributed by atoms with E-state index in [9.17, 15) is 9.90 Å². The minimum Gasteiger partial charge on any atom is -0.481 e. The Morgan fingerprint density at radius 2 is 1.89 bits per heavy atom. The Morgan fingerprint density at radius 3 is 2.53 bits per heavy atom. The van der Waals surface area contributed by atoms with Crippen LogP contribution in [0.5, 0.6) is 6.01 Å². The van der Waals surface area contributed by atoms with Crippen LogP contribution in [0.1, 0.15) is 71.4 Å².